The summed E-state index contributed by atoms with van der Waals surface area (Å²) >= 11 is 1.70. The predicted octanol–water partition coefficient (Wildman–Crippen LogP) is 3.78. The molecule has 1 N–H and O–H groups in total. The van der Waals surface area contributed by atoms with Crippen molar-refractivity contribution in [2.45, 2.75) is 59.2 Å². The molecule has 1 aromatic rings. The minimum atomic E-state index is 0.0680. The second-order valence-electron chi connectivity index (χ2n) is 8.21. The van der Waals surface area contributed by atoms with Crippen molar-refractivity contribution in [2.24, 2.45) is 10.8 Å². The van der Waals surface area contributed by atoms with Crippen molar-refractivity contribution in [3.8, 4) is 0 Å². The first-order valence-electron chi connectivity index (χ1n) is 7.84. The topological polar surface area (TPSA) is 32.3 Å². The molecule has 2 fully saturated rings. The van der Waals surface area contributed by atoms with E-state index in [-0.39, 0.29) is 12.1 Å². The van der Waals surface area contributed by atoms with Crippen LogP contribution in [-0.4, -0.2) is 23.4 Å². The summed E-state index contributed by atoms with van der Waals surface area (Å²) in [4.78, 5) is 14.6. The van der Waals surface area contributed by atoms with Crippen molar-refractivity contribution in [3.05, 3.63) is 22.4 Å². The highest BCUT2D eigenvalue weighted by atomic mass is 32.1. The fourth-order valence-electron chi connectivity index (χ4n) is 4.63. The molecule has 21 heavy (non-hydrogen) atoms. The van der Waals surface area contributed by atoms with Gasteiger partial charge in [0.25, 0.3) is 0 Å². The molecule has 1 saturated heterocycles. The van der Waals surface area contributed by atoms with Crippen molar-refractivity contribution >= 4 is 17.2 Å². The van der Waals surface area contributed by atoms with E-state index in [1.165, 1.54) is 12.0 Å². The van der Waals surface area contributed by atoms with Crippen LogP contribution in [0.3, 0.4) is 0 Å². The first-order valence-corrected chi connectivity index (χ1v) is 8.78. The molecule has 2 heterocycles. The zero-order chi connectivity index (χ0) is 15.3. The van der Waals surface area contributed by atoms with Gasteiger partial charge in [-0.2, -0.15) is 11.3 Å². The quantitative estimate of drug-likeness (QED) is 0.902. The molecule has 1 aromatic heterocycles. The summed E-state index contributed by atoms with van der Waals surface area (Å²) in [6.45, 7) is 9.84. The molecule has 1 aliphatic carbocycles. The minimum absolute atomic E-state index is 0.0680. The van der Waals surface area contributed by atoms with Crippen molar-refractivity contribution in [3.63, 3.8) is 0 Å². The number of hydrogen-bond donors (Lipinski definition) is 1. The molecule has 1 unspecified atom stereocenters. The molecule has 0 bridgehead atoms. The molecule has 1 amide bonds. The lowest BCUT2D eigenvalue weighted by molar-refractivity contribution is -0.133. The Hall–Kier alpha value is -0.870. The van der Waals surface area contributed by atoms with Gasteiger partial charge in [0, 0.05) is 6.04 Å². The van der Waals surface area contributed by atoms with E-state index in [0.717, 1.165) is 12.8 Å². The van der Waals surface area contributed by atoms with Crippen molar-refractivity contribution in [1.29, 1.82) is 0 Å². The maximum atomic E-state index is 12.5. The van der Waals surface area contributed by atoms with Crippen LogP contribution in [0.5, 0.6) is 0 Å². The second-order valence-corrected chi connectivity index (χ2v) is 8.99. The largest absolute Gasteiger partial charge is 0.319 e. The molecular weight excluding hydrogens is 280 g/mol. The number of carbonyl (C=O) groups excluding carboxylic acids is 1. The molecule has 4 heteroatoms. The van der Waals surface area contributed by atoms with Gasteiger partial charge in [-0.3, -0.25) is 10.1 Å². The number of hydrogen-bond acceptors (Lipinski definition) is 3. The summed E-state index contributed by atoms with van der Waals surface area (Å²) in [5, 5.41) is 7.64. The Bertz CT molecular complexity index is 505. The van der Waals surface area contributed by atoms with Gasteiger partial charge in [0.2, 0.25) is 5.91 Å². The third-order valence-electron chi connectivity index (χ3n) is 4.80. The summed E-state index contributed by atoms with van der Waals surface area (Å²) in [6.07, 6.45) is 3.50. The van der Waals surface area contributed by atoms with Crippen molar-refractivity contribution in [1.82, 2.24) is 10.2 Å². The molecule has 0 radical (unpaired) electrons. The lowest BCUT2D eigenvalue weighted by atomic mass is 9.63. The predicted molar refractivity (Wildman–Crippen MR) is 87.1 cm³/mol. The van der Waals surface area contributed by atoms with Crippen LogP contribution in [0.25, 0.3) is 0 Å². The maximum absolute atomic E-state index is 12.5. The summed E-state index contributed by atoms with van der Waals surface area (Å²) in [7, 11) is 0. The van der Waals surface area contributed by atoms with E-state index in [4.69, 9.17) is 0 Å². The lowest BCUT2D eigenvalue weighted by Crippen LogP contribution is -2.48. The Morgan fingerprint density at radius 3 is 2.48 bits per heavy atom. The Morgan fingerprint density at radius 1 is 1.24 bits per heavy atom. The summed E-state index contributed by atoms with van der Waals surface area (Å²) in [5.41, 5.74) is 1.83. The van der Waals surface area contributed by atoms with Gasteiger partial charge in [-0.15, -0.1) is 0 Å². The Balaban J connectivity index is 1.88. The third-order valence-corrected chi connectivity index (χ3v) is 5.50. The zero-order valence-electron chi connectivity index (χ0n) is 13.5. The van der Waals surface area contributed by atoms with E-state index in [9.17, 15) is 4.79 Å². The Labute approximate surface area is 131 Å². The number of carbonyl (C=O) groups is 1. The summed E-state index contributed by atoms with van der Waals surface area (Å²) in [6, 6.07) is 2.48. The van der Waals surface area contributed by atoms with Crippen molar-refractivity contribution in [2.75, 3.05) is 6.54 Å². The molecule has 1 saturated carbocycles. The third kappa shape index (κ3) is 3.02. The van der Waals surface area contributed by atoms with E-state index >= 15 is 0 Å². The smallest absolute Gasteiger partial charge is 0.238 e. The highest BCUT2D eigenvalue weighted by molar-refractivity contribution is 7.07. The number of nitrogens with zero attached hydrogens (tertiary/aromatic N) is 1. The molecule has 1 aliphatic heterocycles. The molecule has 0 spiro atoms. The van der Waals surface area contributed by atoms with Crippen LogP contribution in [0.15, 0.2) is 16.8 Å². The van der Waals surface area contributed by atoms with Gasteiger partial charge in [-0.1, -0.05) is 27.7 Å². The molecule has 0 aromatic carbocycles. The normalized spacial score (nSPS) is 29.0. The van der Waals surface area contributed by atoms with Crippen LogP contribution in [0.2, 0.25) is 0 Å². The van der Waals surface area contributed by atoms with Gasteiger partial charge in [-0.05, 0) is 52.5 Å². The molecule has 1 atom stereocenters. The fourth-order valence-corrected chi connectivity index (χ4v) is 5.30. The van der Waals surface area contributed by atoms with Gasteiger partial charge in [0.05, 0.1) is 6.54 Å². The van der Waals surface area contributed by atoms with E-state index in [1.54, 1.807) is 11.3 Å². The van der Waals surface area contributed by atoms with Gasteiger partial charge in [0.1, 0.15) is 6.17 Å². The van der Waals surface area contributed by atoms with Crippen LogP contribution >= 0.6 is 11.3 Å². The van der Waals surface area contributed by atoms with Gasteiger partial charge in [-0.25, -0.2) is 0 Å². The van der Waals surface area contributed by atoms with Crippen molar-refractivity contribution < 1.29 is 4.79 Å². The molecule has 2 aliphatic rings. The van der Waals surface area contributed by atoms with Gasteiger partial charge in [0.15, 0.2) is 0 Å². The summed E-state index contributed by atoms with van der Waals surface area (Å²) in [5.74, 6) is 0.254. The van der Waals surface area contributed by atoms with Crippen LogP contribution in [0.4, 0.5) is 0 Å². The van der Waals surface area contributed by atoms with Crippen LogP contribution in [0, 0.1) is 10.8 Å². The monoisotopic (exact) mass is 306 g/mol. The first kappa shape index (κ1) is 15.0. The highest BCUT2D eigenvalue weighted by Gasteiger charge is 2.45. The fraction of sp³-hybridized carbons (Fsp3) is 0.706. The minimum Gasteiger partial charge on any atom is -0.319 e. The average Bonchev–Trinajstić information content (AvgIpc) is 2.92. The number of thiophene rings is 1. The average molecular weight is 306 g/mol. The van der Waals surface area contributed by atoms with Crippen LogP contribution < -0.4 is 5.32 Å². The Morgan fingerprint density at radius 2 is 1.90 bits per heavy atom. The summed E-state index contributed by atoms with van der Waals surface area (Å²) < 4.78 is 0. The lowest BCUT2D eigenvalue weighted by Gasteiger charge is -2.48. The SMILES string of the molecule is CC1(C)CC(N2C(=O)CNC2c2ccsc2)CC(C)(C)C1. The molecular formula is C17H26N2OS. The molecule has 116 valence electrons. The number of amides is 1. The Kier molecular flexibility index (Phi) is 3.65. The zero-order valence-corrected chi connectivity index (χ0v) is 14.3. The standard InChI is InChI=1S/C17H26N2OS/c1-16(2)7-13(8-17(3,4)11-16)19-14(20)9-18-15(19)12-5-6-21-10-12/h5-6,10,13,15,18H,7-9,11H2,1-4H3. The highest BCUT2D eigenvalue weighted by Crippen LogP contribution is 2.48. The second kappa shape index (κ2) is 5.10. The first-order chi connectivity index (χ1) is 9.77. The van der Waals surface area contributed by atoms with Crippen LogP contribution in [0.1, 0.15) is 58.7 Å². The van der Waals surface area contributed by atoms with Gasteiger partial charge < -0.3 is 4.90 Å². The maximum Gasteiger partial charge on any atom is 0.238 e. The van der Waals surface area contributed by atoms with E-state index < -0.39 is 0 Å². The number of rotatable bonds is 2. The van der Waals surface area contributed by atoms with E-state index in [2.05, 4.69) is 54.7 Å². The number of nitrogens with one attached hydrogen (secondary N) is 1. The molecule has 3 nitrogen and oxygen atoms in total. The van der Waals surface area contributed by atoms with Gasteiger partial charge >= 0.3 is 0 Å². The van der Waals surface area contributed by atoms with E-state index in [1.807, 2.05) is 0 Å². The van der Waals surface area contributed by atoms with Crippen LogP contribution in [-0.2, 0) is 4.79 Å². The van der Waals surface area contributed by atoms with E-state index in [0.29, 0.717) is 23.4 Å². The molecule has 3 rings (SSSR count).